The fourth-order valence-electron chi connectivity index (χ4n) is 2.60. The van der Waals surface area contributed by atoms with Crippen LogP contribution in [0, 0.1) is 5.92 Å². The lowest BCUT2D eigenvalue weighted by Crippen LogP contribution is -2.36. The highest BCUT2D eigenvalue weighted by Gasteiger charge is 2.26. The van der Waals surface area contributed by atoms with Gasteiger partial charge >= 0.3 is 0 Å². The van der Waals surface area contributed by atoms with Crippen LogP contribution in [0.1, 0.15) is 31.2 Å². The molecule has 0 bridgehead atoms. The van der Waals surface area contributed by atoms with Crippen LogP contribution in [-0.2, 0) is 16.0 Å². The van der Waals surface area contributed by atoms with Gasteiger partial charge in [-0.3, -0.25) is 9.59 Å². The Morgan fingerprint density at radius 3 is 2.70 bits per heavy atom. The van der Waals surface area contributed by atoms with E-state index >= 15 is 0 Å². The summed E-state index contributed by atoms with van der Waals surface area (Å²) in [6, 6.07) is 8.16. The zero-order valence-corrected chi connectivity index (χ0v) is 13.4. The minimum atomic E-state index is 0.0419. The summed E-state index contributed by atoms with van der Waals surface area (Å²) < 4.78 is 1.06. The summed E-state index contributed by atoms with van der Waals surface area (Å²) in [5.74, 6) is 0.526. The average molecular weight is 338 g/mol. The van der Waals surface area contributed by atoms with E-state index in [1.165, 1.54) is 5.56 Å². The smallest absolute Gasteiger partial charge is 0.225 e. The van der Waals surface area contributed by atoms with Gasteiger partial charge in [0.25, 0.3) is 0 Å². The number of carbonyl (C=O) groups is 2. The maximum atomic E-state index is 12.3. The number of halogens is 1. The number of benzene rings is 1. The summed E-state index contributed by atoms with van der Waals surface area (Å²) in [5.41, 5.74) is 1.22. The molecular weight excluding hydrogens is 318 g/mol. The molecule has 0 radical (unpaired) electrons. The normalized spacial score (nSPS) is 16.2. The number of carbonyl (C=O) groups excluding carboxylic acids is 2. The van der Waals surface area contributed by atoms with Crippen molar-refractivity contribution >= 4 is 27.6 Å². The van der Waals surface area contributed by atoms with Crippen molar-refractivity contribution in [3.8, 4) is 0 Å². The van der Waals surface area contributed by atoms with E-state index in [0.717, 1.165) is 30.3 Å². The third-order valence-corrected chi connectivity index (χ3v) is 4.39. The highest BCUT2D eigenvalue weighted by atomic mass is 79.9. The second-order valence-electron chi connectivity index (χ2n) is 5.45. The van der Waals surface area contributed by atoms with Crippen molar-refractivity contribution in [3.05, 3.63) is 34.3 Å². The minimum absolute atomic E-state index is 0.0419. The lowest BCUT2D eigenvalue weighted by molar-refractivity contribution is -0.136. The van der Waals surface area contributed by atoms with Gasteiger partial charge in [-0.2, -0.15) is 0 Å². The van der Waals surface area contributed by atoms with Crippen LogP contribution in [0.25, 0.3) is 0 Å². The monoisotopic (exact) mass is 337 g/mol. The van der Waals surface area contributed by atoms with Crippen LogP contribution >= 0.6 is 15.9 Å². The molecule has 0 atom stereocenters. The average Bonchev–Trinajstić information content (AvgIpc) is 2.45. The van der Waals surface area contributed by atoms with E-state index in [0.29, 0.717) is 18.6 Å². The summed E-state index contributed by atoms with van der Waals surface area (Å²) in [6.45, 7) is 0.722. The molecule has 1 saturated carbocycles. The quantitative estimate of drug-likeness (QED) is 0.845. The molecule has 1 aliphatic rings. The third-order valence-electron chi connectivity index (χ3n) is 3.89. The molecular formula is C16H20BrNO2. The standard InChI is InChI=1S/C16H20BrNO2/c1-18(10-9-12-3-2-4-14(17)11-12)16(20)13-5-7-15(19)8-6-13/h2-4,11,13H,5-10H2,1H3. The molecule has 3 nitrogen and oxygen atoms in total. The van der Waals surface area contributed by atoms with Crippen molar-refractivity contribution in [2.24, 2.45) is 5.92 Å². The molecule has 1 aromatic rings. The van der Waals surface area contributed by atoms with E-state index in [1.807, 2.05) is 19.2 Å². The number of likely N-dealkylation sites (N-methyl/N-ethyl adjacent to an activating group) is 1. The van der Waals surface area contributed by atoms with E-state index in [9.17, 15) is 9.59 Å². The van der Waals surface area contributed by atoms with Gasteiger partial charge in [-0.15, -0.1) is 0 Å². The number of rotatable bonds is 4. The minimum Gasteiger partial charge on any atom is -0.345 e. The topological polar surface area (TPSA) is 37.4 Å². The number of amides is 1. The maximum Gasteiger partial charge on any atom is 0.225 e. The third kappa shape index (κ3) is 4.17. The summed E-state index contributed by atoms with van der Waals surface area (Å²) in [7, 11) is 1.86. The molecule has 0 unspecified atom stereocenters. The maximum absolute atomic E-state index is 12.3. The Labute approximate surface area is 128 Å². The molecule has 0 saturated heterocycles. The Kier molecular flexibility index (Phi) is 5.35. The first kappa shape index (κ1) is 15.2. The van der Waals surface area contributed by atoms with E-state index in [1.54, 1.807) is 4.90 Å². The molecule has 0 heterocycles. The van der Waals surface area contributed by atoms with Gasteiger partial charge in [0.2, 0.25) is 5.91 Å². The Hall–Kier alpha value is -1.16. The van der Waals surface area contributed by atoms with Crippen molar-refractivity contribution in [1.29, 1.82) is 0 Å². The summed E-state index contributed by atoms with van der Waals surface area (Å²) in [6.07, 6.45) is 3.43. The summed E-state index contributed by atoms with van der Waals surface area (Å²) in [5, 5.41) is 0. The number of Topliss-reactive ketones (excluding diaryl/α,β-unsaturated/α-hetero) is 1. The molecule has 4 heteroatoms. The highest BCUT2D eigenvalue weighted by Crippen LogP contribution is 2.23. The van der Waals surface area contributed by atoms with E-state index < -0.39 is 0 Å². The van der Waals surface area contributed by atoms with Gasteiger partial charge in [0.15, 0.2) is 0 Å². The highest BCUT2D eigenvalue weighted by molar-refractivity contribution is 9.10. The lowest BCUT2D eigenvalue weighted by atomic mass is 9.87. The molecule has 1 amide bonds. The van der Waals surface area contributed by atoms with Crippen LogP contribution in [0.15, 0.2) is 28.7 Å². The SMILES string of the molecule is CN(CCc1cccc(Br)c1)C(=O)C1CCC(=O)CC1. The Balaban J connectivity index is 1.83. The Morgan fingerprint density at radius 1 is 1.35 bits per heavy atom. The number of nitrogens with zero attached hydrogens (tertiary/aromatic N) is 1. The van der Waals surface area contributed by atoms with Crippen molar-refractivity contribution in [2.75, 3.05) is 13.6 Å². The van der Waals surface area contributed by atoms with E-state index in [4.69, 9.17) is 0 Å². The predicted molar refractivity (Wildman–Crippen MR) is 82.4 cm³/mol. The molecule has 1 aromatic carbocycles. The molecule has 2 rings (SSSR count). The molecule has 1 fully saturated rings. The molecule has 0 N–H and O–H groups in total. The van der Waals surface area contributed by atoms with Crippen LogP contribution in [0.3, 0.4) is 0 Å². The van der Waals surface area contributed by atoms with Crippen LogP contribution in [0.4, 0.5) is 0 Å². The fourth-order valence-corrected chi connectivity index (χ4v) is 3.04. The molecule has 108 valence electrons. The Morgan fingerprint density at radius 2 is 2.05 bits per heavy atom. The second kappa shape index (κ2) is 7.02. The molecule has 0 aliphatic heterocycles. The van der Waals surface area contributed by atoms with Crippen LogP contribution in [0.2, 0.25) is 0 Å². The molecule has 1 aliphatic carbocycles. The summed E-state index contributed by atoms with van der Waals surface area (Å²) >= 11 is 3.45. The summed E-state index contributed by atoms with van der Waals surface area (Å²) in [4.78, 5) is 25.3. The van der Waals surface area contributed by atoms with Gasteiger partial charge < -0.3 is 4.90 Å². The van der Waals surface area contributed by atoms with Crippen molar-refractivity contribution in [2.45, 2.75) is 32.1 Å². The van der Waals surface area contributed by atoms with Gasteiger partial charge in [-0.1, -0.05) is 28.1 Å². The second-order valence-corrected chi connectivity index (χ2v) is 6.37. The number of hydrogen-bond donors (Lipinski definition) is 0. The molecule has 0 aromatic heterocycles. The molecule has 0 spiro atoms. The van der Waals surface area contributed by atoms with Crippen molar-refractivity contribution in [1.82, 2.24) is 4.90 Å². The van der Waals surface area contributed by atoms with E-state index in [-0.39, 0.29) is 11.8 Å². The zero-order chi connectivity index (χ0) is 14.5. The lowest BCUT2D eigenvalue weighted by Gasteiger charge is -2.26. The van der Waals surface area contributed by atoms with Crippen molar-refractivity contribution in [3.63, 3.8) is 0 Å². The number of hydrogen-bond acceptors (Lipinski definition) is 2. The van der Waals surface area contributed by atoms with Crippen LogP contribution < -0.4 is 0 Å². The number of ketones is 1. The van der Waals surface area contributed by atoms with Crippen LogP contribution in [0.5, 0.6) is 0 Å². The van der Waals surface area contributed by atoms with Gasteiger partial charge in [-0.25, -0.2) is 0 Å². The van der Waals surface area contributed by atoms with Gasteiger partial charge in [0.1, 0.15) is 5.78 Å². The van der Waals surface area contributed by atoms with E-state index in [2.05, 4.69) is 28.1 Å². The first-order valence-corrected chi connectivity index (χ1v) is 7.86. The fraction of sp³-hybridized carbons (Fsp3) is 0.500. The largest absolute Gasteiger partial charge is 0.345 e. The molecule has 20 heavy (non-hydrogen) atoms. The first-order chi connectivity index (χ1) is 9.56. The van der Waals surface area contributed by atoms with Gasteiger partial charge in [-0.05, 0) is 37.0 Å². The van der Waals surface area contributed by atoms with Crippen LogP contribution in [-0.4, -0.2) is 30.2 Å². The first-order valence-electron chi connectivity index (χ1n) is 7.07. The zero-order valence-electron chi connectivity index (χ0n) is 11.8. The van der Waals surface area contributed by atoms with Crippen molar-refractivity contribution < 1.29 is 9.59 Å². The predicted octanol–water partition coefficient (Wildman–Crippen LogP) is 3.21. The van der Waals surface area contributed by atoms with Gasteiger partial charge in [0, 0.05) is 36.8 Å². The Bertz CT molecular complexity index is 491. The van der Waals surface area contributed by atoms with Gasteiger partial charge in [0.05, 0.1) is 0 Å².